The molecule has 1 aromatic carbocycles. The van der Waals surface area contributed by atoms with Gasteiger partial charge in [0.15, 0.2) is 0 Å². The average molecular weight is 286 g/mol. The zero-order chi connectivity index (χ0) is 13.4. The predicted molar refractivity (Wildman–Crippen MR) is 81.1 cm³/mol. The van der Waals surface area contributed by atoms with E-state index in [2.05, 4.69) is 38.1 Å². The summed E-state index contributed by atoms with van der Waals surface area (Å²) in [4.78, 5) is 12.7. The lowest BCUT2D eigenvalue weighted by Crippen LogP contribution is -2.32. The van der Waals surface area contributed by atoms with E-state index in [1.165, 1.54) is 11.1 Å². The summed E-state index contributed by atoms with van der Waals surface area (Å²) in [6, 6.07) is 8.58. The molecule has 1 aromatic rings. The minimum absolute atomic E-state index is 0. The van der Waals surface area contributed by atoms with Crippen LogP contribution in [0, 0.1) is 0 Å². The van der Waals surface area contributed by atoms with E-state index in [1.54, 1.807) is 0 Å². The number of halogens is 1. The van der Waals surface area contributed by atoms with Gasteiger partial charge in [-0.25, -0.2) is 0 Å². The van der Waals surface area contributed by atoms with E-state index in [0.717, 1.165) is 32.4 Å². The third-order valence-corrected chi connectivity index (χ3v) is 3.05. The van der Waals surface area contributed by atoms with E-state index in [0.29, 0.717) is 0 Å². The summed E-state index contributed by atoms with van der Waals surface area (Å²) in [7, 11) is 0. The van der Waals surface area contributed by atoms with Gasteiger partial charge in [0.25, 0.3) is 0 Å². The van der Waals surface area contributed by atoms with Gasteiger partial charge in [-0.2, -0.15) is 0 Å². The molecule has 0 spiro atoms. The van der Waals surface area contributed by atoms with E-state index in [4.69, 9.17) is 5.11 Å². The molecule has 3 nitrogen and oxygen atoms in total. The molecule has 1 N–H and O–H groups in total. The molecule has 1 rings (SSSR count). The summed E-state index contributed by atoms with van der Waals surface area (Å²) < 4.78 is 0. The molecular weight excluding hydrogens is 262 g/mol. The van der Waals surface area contributed by atoms with Crippen LogP contribution in [0.25, 0.3) is 0 Å². The van der Waals surface area contributed by atoms with Crippen LogP contribution in [-0.4, -0.2) is 35.6 Å². The number of rotatable bonds is 8. The number of carbonyl (C=O) groups is 1. The first-order chi connectivity index (χ1) is 8.65. The zero-order valence-corrected chi connectivity index (χ0v) is 12.6. The second kappa shape index (κ2) is 9.82. The Morgan fingerprint density at radius 2 is 1.68 bits per heavy atom. The monoisotopic (exact) mass is 285 g/mol. The van der Waals surface area contributed by atoms with Gasteiger partial charge >= 0.3 is 5.97 Å². The molecule has 19 heavy (non-hydrogen) atoms. The van der Waals surface area contributed by atoms with Gasteiger partial charge in [0.05, 0.1) is 6.54 Å². The van der Waals surface area contributed by atoms with Crippen LogP contribution in [0.5, 0.6) is 0 Å². The second-order valence-electron chi connectivity index (χ2n) is 4.59. The molecule has 0 aliphatic carbocycles. The van der Waals surface area contributed by atoms with E-state index in [9.17, 15) is 4.79 Å². The van der Waals surface area contributed by atoms with Crippen LogP contribution in [-0.2, 0) is 17.6 Å². The molecule has 0 fully saturated rings. The van der Waals surface area contributed by atoms with Gasteiger partial charge in [-0.15, -0.1) is 12.4 Å². The van der Waals surface area contributed by atoms with Gasteiger partial charge in [0.1, 0.15) is 0 Å². The highest BCUT2D eigenvalue weighted by molar-refractivity contribution is 5.85. The van der Waals surface area contributed by atoms with Crippen molar-refractivity contribution in [1.82, 2.24) is 4.90 Å². The lowest BCUT2D eigenvalue weighted by molar-refractivity contribution is -0.138. The Morgan fingerprint density at radius 1 is 1.11 bits per heavy atom. The third kappa shape index (κ3) is 7.19. The average Bonchev–Trinajstić information content (AvgIpc) is 2.36. The number of hydrogen-bond donors (Lipinski definition) is 1. The Labute approximate surface area is 122 Å². The molecule has 0 saturated carbocycles. The molecule has 0 radical (unpaired) electrons. The first-order valence-corrected chi connectivity index (χ1v) is 6.67. The third-order valence-electron chi connectivity index (χ3n) is 3.05. The molecule has 0 saturated heterocycles. The molecule has 0 aliphatic rings. The van der Waals surface area contributed by atoms with Crippen molar-refractivity contribution in [2.75, 3.05) is 19.6 Å². The van der Waals surface area contributed by atoms with Gasteiger partial charge in [0.2, 0.25) is 0 Å². The summed E-state index contributed by atoms with van der Waals surface area (Å²) in [6.07, 6.45) is 2.96. The fourth-order valence-electron chi connectivity index (χ4n) is 2.01. The molecule has 108 valence electrons. The van der Waals surface area contributed by atoms with Crippen LogP contribution in [0.15, 0.2) is 24.3 Å². The maximum Gasteiger partial charge on any atom is 0.317 e. The van der Waals surface area contributed by atoms with Gasteiger partial charge in [0, 0.05) is 6.54 Å². The van der Waals surface area contributed by atoms with Crippen LogP contribution in [0.1, 0.15) is 31.4 Å². The number of carboxylic acid groups (broad SMARTS) is 1. The van der Waals surface area contributed by atoms with Crippen molar-refractivity contribution in [3.8, 4) is 0 Å². The van der Waals surface area contributed by atoms with Crippen molar-refractivity contribution in [2.24, 2.45) is 0 Å². The standard InChI is InChI=1S/C15H23NO2.ClH/c1-3-10-16(12-15(17)18)11-9-14-7-5-13(4-2)6-8-14;/h5-8H,3-4,9-12H2,1-2H3,(H,17,18);1H. The Bertz CT molecular complexity index is 365. The Kier molecular flexibility index (Phi) is 9.27. The lowest BCUT2D eigenvalue weighted by Gasteiger charge is -2.19. The highest BCUT2D eigenvalue weighted by atomic mass is 35.5. The Hall–Kier alpha value is -1.06. The molecule has 4 heteroatoms. The fraction of sp³-hybridized carbons (Fsp3) is 0.533. The van der Waals surface area contributed by atoms with Crippen LogP contribution >= 0.6 is 12.4 Å². The van der Waals surface area contributed by atoms with Gasteiger partial charge in [-0.05, 0) is 36.9 Å². The van der Waals surface area contributed by atoms with E-state index >= 15 is 0 Å². The minimum atomic E-state index is -0.746. The van der Waals surface area contributed by atoms with E-state index < -0.39 is 5.97 Å². The van der Waals surface area contributed by atoms with Crippen molar-refractivity contribution in [2.45, 2.75) is 33.1 Å². The maximum atomic E-state index is 10.7. The summed E-state index contributed by atoms with van der Waals surface area (Å²) in [6.45, 7) is 6.02. The molecule has 0 aliphatic heterocycles. The number of carboxylic acids is 1. The van der Waals surface area contributed by atoms with Crippen molar-refractivity contribution in [1.29, 1.82) is 0 Å². The van der Waals surface area contributed by atoms with Gasteiger partial charge in [-0.1, -0.05) is 38.1 Å². The van der Waals surface area contributed by atoms with Crippen LogP contribution in [0.2, 0.25) is 0 Å². The number of hydrogen-bond acceptors (Lipinski definition) is 2. The summed E-state index contributed by atoms with van der Waals surface area (Å²) in [5, 5.41) is 8.83. The molecule has 0 atom stereocenters. The number of aryl methyl sites for hydroxylation is 1. The lowest BCUT2D eigenvalue weighted by atomic mass is 10.1. The second-order valence-corrected chi connectivity index (χ2v) is 4.59. The van der Waals surface area contributed by atoms with Crippen molar-refractivity contribution < 1.29 is 9.90 Å². The van der Waals surface area contributed by atoms with Crippen LogP contribution in [0.3, 0.4) is 0 Å². The Balaban J connectivity index is 0.00000324. The highest BCUT2D eigenvalue weighted by Gasteiger charge is 2.08. The highest BCUT2D eigenvalue weighted by Crippen LogP contribution is 2.06. The summed E-state index contributed by atoms with van der Waals surface area (Å²) in [5.74, 6) is -0.746. The van der Waals surface area contributed by atoms with Crippen molar-refractivity contribution >= 4 is 18.4 Å². The predicted octanol–water partition coefficient (Wildman–Crippen LogP) is 3.01. The molecule has 0 aromatic heterocycles. The summed E-state index contributed by atoms with van der Waals surface area (Å²) >= 11 is 0. The first-order valence-electron chi connectivity index (χ1n) is 6.67. The van der Waals surface area contributed by atoms with Crippen molar-refractivity contribution in [3.63, 3.8) is 0 Å². The Morgan fingerprint density at radius 3 is 2.16 bits per heavy atom. The topological polar surface area (TPSA) is 40.5 Å². The summed E-state index contributed by atoms with van der Waals surface area (Å²) in [5.41, 5.74) is 2.62. The zero-order valence-electron chi connectivity index (χ0n) is 11.8. The SMILES string of the molecule is CCCN(CCc1ccc(CC)cc1)CC(=O)O.Cl. The molecule has 0 unspecified atom stereocenters. The molecular formula is C15H24ClNO2. The number of benzene rings is 1. The minimum Gasteiger partial charge on any atom is -0.480 e. The quantitative estimate of drug-likeness (QED) is 0.798. The largest absolute Gasteiger partial charge is 0.480 e. The fourth-order valence-corrected chi connectivity index (χ4v) is 2.01. The normalized spacial score (nSPS) is 10.3. The smallest absolute Gasteiger partial charge is 0.317 e. The van der Waals surface area contributed by atoms with Crippen LogP contribution in [0.4, 0.5) is 0 Å². The first kappa shape index (κ1) is 17.9. The van der Waals surface area contributed by atoms with Crippen LogP contribution < -0.4 is 0 Å². The van der Waals surface area contributed by atoms with E-state index in [1.807, 2.05) is 4.90 Å². The maximum absolute atomic E-state index is 10.7. The van der Waals surface area contributed by atoms with Crippen molar-refractivity contribution in [3.05, 3.63) is 35.4 Å². The number of aliphatic carboxylic acids is 1. The van der Waals surface area contributed by atoms with Gasteiger partial charge in [-0.3, -0.25) is 9.69 Å². The van der Waals surface area contributed by atoms with Gasteiger partial charge < -0.3 is 5.11 Å². The molecule has 0 amide bonds. The number of nitrogens with zero attached hydrogens (tertiary/aromatic N) is 1. The van der Waals surface area contributed by atoms with E-state index in [-0.39, 0.29) is 19.0 Å². The molecule has 0 bridgehead atoms. The molecule has 0 heterocycles.